The smallest absolute Gasteiger partial charge is 0.454 e. The second kappa shape index (κ2) is 6.44. The number of Topliss-reactive ketones (excluding diaryl/α,β-unsaturated/α-hetero) is 1. The highest BCUT2D eigenvalue weighted by atomic mass is 19.4. The van der Waals surface area contributed by atoms with Crippen molar-refractivity contribution in [1.82, 2.24) is 4.57 Å². The minimum atomic E-state index is -4.97. The van der Waals surface area contributed by atoms with Crippen molar-refractivity contribution >= 4 is 22.7 Å². The molecule has 4 nitrogen and oxygen atoms in total. The van der Waals surface area contributed by atoms with Crippen molar-refractivity contribution in [3.05, 3.63) is 36.0 Å². The number of carbonyl (C=O) groups excluding carboxylic acids is 2. The van der Waals surface area contributed by atoms with Crippen LogP contribution in [-0.2, 0) is 16.1 Å². The van der Waals surface area contributed by atoms with Gasteiger partial charge < -0.3 is 9.30 Å². The number of alkyl halides is 3. The van der Waals surface area contributed by atoms with Gasteiger partial charge in [-0.05, 0) is 12.0 Å². The van der Waals surface area contributed by atoms with Crippen LogP contribution < -0.4 is 0 Å². The summed E-state index contributed by atoms with van der Waals surface area (Å²) in [4.78, 5) is 23.3. The van der Waals surface area contributed by atoms with Crippen LogP contribution in [0.2, 0.25) is 0 Å². The highest BCUT2D eigenvalue weighted by Gasteiger charge is 2.40. The standard InChI is InChI=1S/C16H16F3NO3/c1-10(2)9-23-14(21)8-20-7-12(15(22)16(17,18)19)11-5-3-4-6-13(11)20/h3-7,10H,8-9H2,1-2H3. The Balaban J connectivity index is 2.35. The zero-order chi connectivity index (χ0) is 17.2. The molecule has 0 N–H and O–H groups in total. The van der Waals surface area contributed by atoms with Crippen LogP contribution in [0.5, 0.6) is 0 Å². The molecule has 0 spiro atoms. The Kier molecular flexibility index (Phi) is 4.77. The molecular weight excluding hydrogens is 311 g/mol. The summed E-state index contributed by atoms with van der Waals surface area (Å²) in [7, 11) is 0. The average Bonchev–Trinajstić information content (AvgIpc) is 2.82. The Morgan fingerprint density at radius 2 is 1.87 bits per heavy atom. The lowest BCUT2D eigenvalue weighted by Crippen LogP contribution is -2.22. The maximum absolute atomic E-state index is 12.7. The molecular formula is C16H16F3NO3. The fourth-order valence-electron chi connectivity index (χ4n) is 2.16. The number of hydrogen-bond donors (Lipinski definition) is 0. The van der Waals surface area contributed by atoms with Gasteiger partial charge in [-0.3, -0.25) is 9.59 Å². The van der Waals surface area contributed by atoms with Crippen LogP contribution in [0.25, 0.3) is 10.9 Å². The van der Waals surface area contributed by atoms with E-state index >= 15 is 0 Å². The van der Waals surface area contributed by atoms with Gasteiger partial charge in [0.05, 0.1) is 12.2 Å². The molecule has 23 heavy (non-hydrogen) atoms. The molecule has 0 bridgehead atoms. The van der Waals surface area contributed by atoms with E-state index in [2.05, 4.69) is 0 Å². The molecule has 7 heteroatoms. The molecule has 0 saturated heterocycles. The van der Waals surface area contributed by atoms with Crippen molar-refractivity contribution in [3.8, 4) is 0 Å². The number of para-hydroxylation sites is 1. The minimum Gasteiger partial charge on any atom is -0.464 e. The van der Waals surface area contributed by atoms with Crippen LogP contribution in [0, 0.1) is 5.92 Å². The zero-order valence-corrected chi connectivity index (χ0v) is 12.7. The van der Waals surface area contributed by atoms with Crippen LogP contribution in [0.1, 0.15) is 24.2 Å². The number of benzene rings is 1. The molecule has 0 atom stereocenters. The summed E-state index contributed by atoms with van der Waals surface area (Å²) < 4.78 is 44.4. The van der Waals surface area contributed by atoms with Crippen molar-refractivity contribution in [3.63, 3.8) is 0 Å². The minimum absolute atomic E-state index is 0.155. The summed E-state index contributed by atoms with van der Waals surface area (Å²) in [6.45, 7) is 3.72. The van der Waals surface area contributed by atoms with E-state index in [0.29, 0.717) is 5.52 Å². The molecule has 1 aromatic heterocycles. The second-order valence-electron chi connectivity index (χ2n) is 5.59. The molecule has 0 fully saturated rings. The van der Waals surface area contributed by atoms with Gasteiger partial charge in [0, 0.05) is 17.1 Å². The average molecular weight is 327 g/mol. The van der Waals surface area contributed by atoms with Crippen molar-refractivity contribution in [1.29, 1.82) is 0 Å². The van der Waals surface area contributed by atoms with Gasteiger partial charge in [0.1, 0.15) is 6.54 Å². The maximum Gasteiger partial charge on any atom is 0.454 e. The molecule has 0 saturated carbocycles. The van der Waals surface area contributed by atoms with Crippen LogP contribution in [0.4, 0.5) is 13.2 Å². The number of nitrogens with zero attached hydrogens (tertiary/aromatic N) is 1. The molecule has 0 aliphatic heterocycles. The van der Waals surface area contributed by atoms with Crippen LogP contribution in [0.15, 0.2) is 30.5 Å². The molecule has 0 amide bonds. The van der Waals surface area contributed by atoms with Crippen molar-refractivity contribution in [2.24, 2.45) is 5.92 Å². The molecule has 124 valence electrons. The van der Waals surface area contributed by atoms with Gasteiger partial charge in [-0.25, -0.2) is 0 Å². The number of esters is 1. The lowest BCUT2D eigenvalue weighted by molar-refractivity contribution is -0.145. The maximum atomic E-state index is 12.7. The first-order valence-electron chi connectivity index (χ1n) is 7.05. The summed E-state index contributed by atoms with van der Waals surface area (Å²) in [5.74, 6) is -2.34. The number of rotatable bonds is 5. The summed E-state index contributed by atoms with van der Waals surface area (Å²) in [6.07, 6.45) is -3.91. The number of fused-ring (bicyclic) bond motifs is 1. The van der Waals surface area contributed by atoms with Gasteiger partial charge >= 0.3 is 12.1 Å². The van der Waals surface area contributed by atoms with E-state index in [0.717, 1.165) is 6.20 Å². The third kappa shape index (κ3) is 3.91. The summed E-state index contributed by atoms with van der Waals surface area (Å²) in [6, 6.07) is 6.14. The van der Waals surface area contributed by atoms with Gasteiger partial charge in [-0.2, -0.15) is 13.2 Å². The summed E-state index contributed by atoms with van der Waals surface area (Å²) >= 11 is 0. The zero-order valence-electron chi connectivity index (χ0n) is 12.7. The molecule has 0 aliphatic rings. The van der Waals surface area contributed by atoms with Crippen LogP contribution in [0.3, 0.4) is 0 Å². The molecule has 0 unspecified atom stereocenters. The van der Waals surface area contributed by atoms with E-state index < -0.39 is 23.5 Å². The number of hydrogen-bond acceptors (Lipinski definition) is 3. The van der Waals surface area contributed by atoms with Gasteiger partial charge in [0.15, 0.2) is 0 Å². The van der Waals surface area contributed by atoms with E-state index in [1.165, 1.54) is 16.7 Å². The Hall–Kier alpha value is -2.31. The number of ketones is 1. The van der Waals surface area contributed by atoms with Crippen LogP contribution in [-0.4, -0.2) is 29.1 Å². The molecule has 1 aromatic carbocycles. The molecule has 1 heterocycles. The third-order valence-corrected chi connectivity index (χ3v) is 3.17. The van der Waals surface area contributed by atoms with E-state index in [1.54, 1.807) is 12.1 Å². The Bertz CT molecular complexity index is 732. The van der Waals surface area contributed by atoms with E-state index in [9.17, 15) is 22.8 Å². The fourth-order valence-corrected chi connectivity index (χ4v) is 2.16. The predicted molar refractivity (Wildman–Crippen MR) is 78.1 cm³/mol. The van der Waals surface area contributed by atoms with Crippen molar-refractivity contribution in [2.45, 2.75) is 26.6 Å². The predicted octanol–water partition coefficient (Wildman–Crippen LogP) is 3.59. The van der Waals surface area contributed by atoms with Gasteiger partial charge in [-0.1, -0.05) is 32.0 Å². The second-order valence-corrected chi connectivity index (χ2v) is 5.59. The van der Waals surface area contributed by atoms with Gasteiger partial charge in [0.2, 0.25) is 0 Å². The third-order valence-electron chi connectivity index (χ3n) is 3.17. The number of halogens is 3. The lowest BCUT2D eigenvalue weighted by atomic mass is 10.1. The van der Waals surface area contributed by atoms with Crippen molar-refractivity contribution < 1.29 is 27.5 Å². The lowest BCUT2D eigenvalue weighted by Gasteiger charge is -2.08. The fraction of sp³-hybridized carbons (Fsp3) is 0.375. The van der Waals surface area contributed by atoms with Crippen LogP contribution >= 0.6 is 0 Å². The highest BCUT2D eigenvalue weighted by molar-refractivity contribution is 6.10. The molecule has 0 aliphatic carbocycles. The molecule has 2 rings (SSSR count). The highest BCUT2D eigenvalue weighted by Crippen LogP contribution is 2.28. The summed E-state index contributed by atoms with van der Waals surface area (Å²) in [5.41, 5.74) is -0.0913. The number of ether oxygens (including phenoxy) is 1. The SMILES string of the molecule is CC(C)COC(=O)Cn1cc(C(=O)C(F)(F)F)c2ccccc21. The number of aromatic nitrogens is 1. The quantitative estimate of drug-likeness (QED) is 0.623. The van der Waals surface area contributed by atoms with E-state index in [4.69, 9.17) is 4.74 Å². The first-order valence-corrected chi connectivity index (χ1v) is 7.05. The number of carbonyl (C=O) groups is 2. The van der Waals surface area contributed by atoms with Crippen molar-refractivity contribution in [2.75, 3.05) is 6.61 Å². The Morgan fingerprint density at radius 3 is 2.48 bits per heavy atom. The topological polar surface area (TPSA) is 48.3 Å². The van der Waals surface area contributed by atoms with Gasteiger partial charge in [-0.15, -0.1) is 0 Å². The first-order chi connectivity index (χ1) is 10.7. The van der Waals surface area contributed by atoms with Gasteiger partial charge in [0.25, 0.3) is 5.78 Å². The molecule has 0 radical (unpaired) electrons. The Labute approximate surface area is 130 Å². The summed E-state index contributed by atoms with van der Waals surface area (Å²) in [5, 5.41) is 0.159. The monoisotopic (exact) mass is 327 g/mol. The Morgan fingerprint density at radius 1 is 1.22 bits per heavy atom. The largest absolute Gasteiger partial charge is 0.464 e. The molecule has 2 aromatic rings. The van der Waals surface area contributed by atoms with E-state index in [-0.39, 0.29) is 24.5 Å². The normalized spacial score (nSPS) is 11.9. The first kappa shape index (κ1) is 17.1. The van der Waals surface area contributed by atoms with E-state index in [1.807, 2.05) is 13.8 Å².